The second kappa shape index (κ2) is 17.8. The van der Waals surface area contributed by atoms with Gasteiger partial charge in [-0.2, -0.15) is 0 Å². The molecule has 0 aromatic heterocycles. The van der Waals surface area contributed by atoms with Gasteiger partial charge in [0, 0.05) is 24.0 Å². The van der Waals surface area contributed by atoms with E-state index >= 15 is 0 Å². The molecular formula is C16H18CrO5. The van der Waals surface area contributed by atoms with Gasteiger partial charge in [-0.1, -0.05) is 6.07 Å². The topological polar surface area (TPSA) is 78.2 Å². The zero-order valence-electron chi connectivity index (χ0n) is 12.6. The van der Waals surface area contributed by atoms with Crippen LogP contribution in [0.2, 0.25) is 0 Å². The van der Waals surface area contributed by atoms with Crippen molar-refractivity contribution in [1.82, 2.24) is 0 Å². The van der Waals surface area contributed by atoms with E-state index in [1.807, 2.05) is 6.07 Å². The molecule has 0 heterocycles. The monoisotopic (exact) mass is 342 g/mol. The standard InChI is InChI=1S/C13H18O2.3CO.Cr/c1-3-15-13-6-4-5-10-9-11(14-2)7-8-12(10)13;3*1-2;/h7-9,13H,3-6H2,1-2H3;;;;/t13-;;;;/m1..../s1. The van der Waals surface area contributed by atoms with Crippen LogP contribution in [0, 0.1) is 20.0 Å². The van der Waals surface area contributed by atoms with E-state index in [-0.39, 0.29) is 17.4 Å². The first-order valence-corrected chi connectivity index (χ1v) is 6.24. The van der Waals surface area contributed by atoms with Crippen molar-refractivity contribution in [3.05, 3.63) is 49.3 Å². The Bertz CT molecular complexity index is 439. The Balaban J connectivity index is -0.000000463. The van der Waals surface area contributed by atoms with E-state index in [0.29, 0.717) is 6.10 Å². The molecule has 0 amide bonds. The molecule has 2 rings (SSSR count). The maximum absolute atomic E-state index is 7.50. The number of hydrogen-bond donors (Lipinski definition) is 0. The predicted molar refractivity (Wildman–Crippen MR) is 72.1 cm³/mol. The molecule has 0 bridgehead atoms. The summed E-state index contributed by atoms with van der Waals surface area (Å²) in [6.07, 6.45) is 3.80. The van der Waals surface area contributed by atoms with E-state index < -0.39 is 0 Å². The molecule has 0 saturated heterocycles. The van der Waals surface area contributed by atoms with Crippen molar-refractivity contribution in [2.45, 2.75) is 32.3 Å². The van der Waals surface area contributed by atoms with Crippen LogP contribution in [0.15, 0.2) is 18.2 Å². The molecule has 0 fully saturated rings. The molecule has 0 spiro atoms. The van der Waals surface area contributed by atoms with Gasteiger partial charge >= 0.3 is 33.9 Å². The van der Waals surface area contributed by atoms with Gasteiger partial charge in [0.15, 0.2) is 0 Å². The van der Waals surface area contributed by atoms with Gasteiger partial charge in [-0.15, -0.1) is 0 Å². The molecule has 1 atom stereocenters. The normalized spacial score (nSPS) is 13.7. The average Bonchev–Trinajstić information content (AvgIpc) is 2.60. The minimum atomic E-state index is 0. The molecule has 0 aliphatic heterocycles. The summed E-state index contributed by atoms with van der Waals surface area (Å²) in [6.45, 7) is 16.3. The van der Waals surface area contributed by atoms with Crippen molar-refractivity contribution in [2.75, 3.05) is 13.7 Å². The van der Waals surface area contributed by atoms with E-state index in [9.17, 15) is 0 Å². The molecular weight excluding hydrogens is 324 g/mol. The number of aryl methyl sites for hydroxylation is 1. The molecule has 0 unspecified atom stereocenters. The Hall–Kier alpha value is -1.27. The molecule has 6 heteroatoms. The Morgan fingerprint density at radius 2 is 1.73 bits per heavy atom. The van der Waals surface area contributed by atoms with Crippen LogP contribution in [0.1, 0.15) is 37.0 Å². The molecule has 1 aliphatic carbocycles. The quantitative estimate of drug-likeness (QED) is 0.625. The van der Waals surface area contributed by atoms with E-state index in [0.717, 1.165) is 25.2 Å². The fraction of sp³-hybridized carbons (Fsp3) is 0.438. The van der Waals surface area contributed by atoms with Gasteiger partial charge in [-0.3, -0.25) is 0 Å². The van der Waals surface area contributed by atoms with Crippen LogP contribution < -0.4 is 4.74 Å². The van der Waals surface area contributed by atoms with Crippen molar-refractivity contribution in [1.29, 1.82) is 0 Å². The van der Waals surface area contributed by atoms with Crippen LogP contribution in [0.25, 0.3) is 0 Å². The van der Waals surface area contributed by atoms with Gasteiger partial charge in [-0.05, 0) is 49.4 Å². The Kier molecular flexibility index (Phi) is 20.8. The van der Waals surface area contributed by atoms with Gasteiger partial charge in [0.1, 0.15) is 5.75 Å². The zero-order chi connectivity index (χ0) is 16.7. The van der Waals surface area contributed by atoms with Gasteiger partial charge < -0.3 is 9.47 Å². The van der Waals surface area contributed by atoms with Crippen LogP contribution in [0.3, 0.4) is 0 Å². The fourth-order valence-electron chi connectivity index (χ4n) is 2.25. The molecule has 1 aromatic carbocycles. The summed E-state index contributed by atoms with van der Waals surface area (Å²) in [7, 11) is 1.71. The van der Waals surface area contributed by atoms with Crippen molar-refractivity contribution in [3.63, 3.8) is 0 Å². The van der Waals surface area contributed by atoms with Crippen molar-refractivity contribution >= 4 is 0 Å². The van der Waals surface area contributed by atoms with E-state index in [1.165, 1.54) is 17.5 Å². The summed E-state index contributed by atoms with van der Waals surface area (Å²) in [5, 5.41) is 0. The fourth-order valence-corrected chi connectivity index (χ4v) is 2.25. The predicted octanol–water partition coefficient (Wildman–Crippen LogP) is 2.99. The number of hydrogen-bond acceptors (Lipinski definition) is 2. The largest absolute Gasteiger partial charge is 0 e. The maximum Gasteiger partial charge on any atom is 0 e. The van der Waals surface area contributed by atoms with Crippen molar-refractivity contribution < 1.29 is 40.8 Å². The third-order valence-electron chi connectivity index (χ3n) is 2.98. The zero-order valence-corrected chi connectivity index (χ0v) is 13.9. The van der Waals surface area contributed by atoms with Crippen LogP contribution in [0.5, 0.6) is 5.75 Å². The maximum atomic E-state index is 7.50. The summed E-state index contributed by atoms with van der Waals surface area (Å²) >= 11 is 0. The minimum Gasteiger partial charge on any atom is 0 e. The van der Waals surface area contributed by atoms with Crippen LogP contribution in [-0.2, 0) is 42.5 Å². The molecule has 1 aliphatic rings. The van der Waals surface area contributed by atoms with E-state index in [1.54, 1.807) is 7.11 Å². The molecule has 22 heavy (non-hydrogen) atoms. The van der Waals surface area contributed by atoms with Crippen LogP contribution in [0.4, 0.5) is 0 Å². The van der Waals surface area contributed by atoms with Gasteiger partial charge in [0.2, 0.25) is 0 Å². The van der Waals surface area contributed by atoms with Crippen molar-refractivity contribution in [2.24, 2.45) is 0 Å². The van der Waals surface area contributed by atoms with E-state index in [2.05, 4.69) is 39.0 Å². The van der Waals surface area contributed by atoms with Crippen LogP contribution >= 0.6 is 0 Å². The van der Waals surface area contributed by atoms with Gasteiger partial charge in [-0.25, -0.2) is 0 Å². The van der Waals surface area contributed by atoms with E-state index in [4.69, 9.17) is 23.4 Å². The first kappa shape index (κ1) is 25.7. The second-order valence-electron chi connectivity index (χ2n) is 3.90. The van der Waals surface area contributed by atoms with Crippen molar-refractivity contribution in [3.8, 4) is 5.75 Å². The Morgan fingerprint density at radius 1 is 1.14 bits per heavy atom. The summed E-state index contributed by atoms with van der Waals surface area (Å²) < 4.78 is 33.5. The number of benzene rings is 1. The molecule has 0 radical (unpaired) electrons. The number of rotatable bonds is 3. The Labute approximate surface area is 142 Å². The molecule has 0 saturated carbocycles. The number of fused-ring (bicyclic) bond motifs is 1. The summed E-state index contributed by atoms with van der Waals surface area (Å²) in [5.74, 6) is 0.950. The first-order valence-electron chi connectivity index (χ1n) is 6.24. The number of ether oxygens (including phenoxy) is 2. The molecule has 118 valence electrons. The molecule has 0 N–H and O–H groups in total. The average molecular weight is 342 g/mol. The summed E-state index contributed by atoms with van der Waals surface area (Å²) in [6, 6.07) is 6.31. The Morgan fingerprint density at radius 3 is 2.23 bits per heavy atom. The SMILES string of the molecule is CCO[C@@H]1CCCc2cc(OC)ccc21.[C-]#[O+].[C-]#[O+].[C-]#[O+].[Cr]. The third-order valence-corrected chi connectivity index (χ3v) is 2.98. The summed E-state index contributed by atoms with van der Waals surface area (Å²) in [5.41, 5.74) is 2.74. The number of methoxy groups -OCH3 is 1. The smallest absolute Gasteiger partial charge is 0 e. The van der Waals surface area contributed by atoms with Crippen LogP contribution in [-0.4, -0.2) is 13.7 Å². The van der Waals surface area contributed by atoms with Gasteiger partial charge in [0.25, 0.3) is 0 Å². The molecule has 1 aromatic rings. The minimum absolute atomic E-state index is 0. The summed E-state index contributed by atoms with van der Waals surface area (Å²) in [4.78, 5) is 0. The third kappa shape index (κ3) is 8.24. The first-order chi connectivity index (χ1) is 10.3. The van der Waals surface area contributed by atoms with Gasteiger partial charge in [0.05, 0.1) is 13.2 Å². The second-order valence-corrected chi connectivity index (χ2v) is 3.90. The molecule has 5 nitrogen and oxygen atoms in total.